The first kappa shape index (κ1) is 19.5. The number of nitrogens with one attached hydrogen (secondary N) is 2. The number of hydrogen-bond acceptors (Lipinski definition) is 3. The summed E-state index contributed by atoms with van der Waals surface area (Å²) < 4.78 is 0. The Hall–Kier alpha value is -1.59. The van der Waals surface area contributed by atoms with Crippen LogP contribution in [0.2, 0.25) is 5.02 Å². The lowest BCUT2D eigenvalue weighted by molar-refractivity contribution is -0.125. The Kier molecular flexibility index (Phi) is 7.03. The summed E-state index contributed by atoms with van der Waals surface area (Å²) in [6.07, 6.45) is 0.572. The normalized spacial score (nSPS) is 15.0. The zero-order valence-corrected chi connectivity index (χ0v) is 14.9. The Balaban J connectivity index is 2.58. The Morgan fingerprint density at radius 3 is 2.26 bits per heavy atom. The van der Waals surface area contributed by atoms with Gasteiger partial charge in [-0.3, -0.25) is 14.9 Å². The summed E-state index contributed by atoms with van der Waals surface area (Å²) >= 11 is 5.85. The molecular weight excluding hydrogens is 314 g/mol. The van der Waals surface area contributed by atoms with Gasteiger partial charge < -0.3 is 11.1 Å². The van der Waals surface area contributed by atoms with Crippen molar-refractivity contribution in [2.75, 3.05) is 6.54 Å². The van der Waals surface area contributed by atoms with Crippen LogP contribution in [0, 0.1) is 5.92 Å². The predicted octanol–water partition coefficient (Wildman–Crippen LogP) is 2.40. The molecule has 0 heterocycles. The molecule has 0 bridgehead atoms. The van der Waals surface area contributed by atoms with Crippen LogP contribution in [-0.4, -0.2) is 23.9 Å². The molecule has 2 amide bonds. The molecule has 2 atom stereocenters. The number of primary amides is 1. The summed E-state index contributed by atoms with van der Waals surface area (Å²) in [6, 6.07) is 7.15. The standard InChI is InChI=1S/C17H26ClN3O2/c1-11(2)9-17(4,16(19)23)20-10-15(22)21-12(3)13-5-7-14(18)8-6-13/h5-8,11-12,20H,9-10H2,1-4H3,(H2,19,23)(H,21,22). The molecule has 0 aliphatic heterocycles. The van der Waals surface area contributed by atoms with Gasteiger partial charge in [0.2, 0.25) is 11.8 Å². The minimum Gasteiger partial charge on any atom is -0.368 e. The third-order valence-electron chi connectivity index (χ3n) is 3.75. The maximum atomic E-state index is 12.1. The van der Waals surface area contributed by atoms with Crippen molar-refractivity contribution in [2.24, 2.45) is 11.7 Å². The third kappa shape index (κ3) is 6.20. The second-order valence-corrected chi connectivity index (χ2v) is 6.93. The molecule has 1 aromatic rings. The Labute approximate surface area is 143 Å². The maximum Gasteiger partial charge on any atom is 0.237 e. The van der Waals surface area contributed by atoms with Crippen molar-refractivity contribution in [3.63, 3.8) is 0 Å². The average Bonchev–Trinajstić information content (AvgIpc) is 2.45. The van der Waals surface area contributed by atoms with Gasteiger partial charge in [-0.05, 0) is 43.9 Å². The van der Waals surface area contributed by atoms with Gasteiger partial charge in [0.05, 0.1) is 18.1 Å². The van der Waals surface area contributed by atoms with Crippen molar-refractivity contribution in [1.29, 1.82) is 0 Å². The highest BCUT2D eigenvalue weighted by Gasteiger charge is 2.31. The molecular formula is C17H26ClN3O2. The Morgan fingerprint density at radius 2 is 1.78 bits per heavy atom. The number of halogens is 1. The van der Waals surface area contributed by atoms with E-state index in [4.69, 9.17) is 17.3 Å². The minimum atomic E-state index is -0.894. The molecule has 0 saturated heterocycles. The van der Waals surface area contributed by atoms with E-state index in [1.807, 2.05) is 32.9 Å². The molecule has 1 aromatic carbocycles. The highest BCUT2D eigenvalue weighted by atomic mass is 35.5. The summed E-state index contributed by atoms with van der Waals surface area (Å²) in [7, 11) is 0. The molecule has 23 heavy (non-hydrogen) atoms. The minimum absolute atomic E-state index is 0.0318. The molecule has 128 valence electrons. The maximum absolute atomic E-state index is 12.1. The monoisotopic (exact) mass is 339 g/mol. The van der Waals surface area contributed by atoms with Gasteiger partial charge in [0, 0.05) is 5.02 Å². The second kappa shape index (κ2) is 8.31. The van der Waals surface area contributed by atoms with Crippen molar-refractivity contribution < 1.29 is 9.59 Å². The van der Waals surface area contributed by atoms with E-state index < -0.39 is 11.4 Å². The second-order valence-electron chi connectivity index (χ2n) is 6.49. The van der Waals surface area contributed by atoms with Crippen LogP contribution >= 0.6 is 11.6 Å². The molecule has 0 spiro atoms. The van der Waals surface area contributed by atoms with Crippen LogP contribution in [0.25, 0.3) is 0 Å². The number of carbonyl (C=O) groups is 2. The lowest BCUT2D eigenvalue weighted by Crippen LogP contribution is -2.56. The lowest BCUT2D eigenvalue weighted by Gasteiger charge is -2.29. The quantitative estimate of drug-likeness (QED) is 0.680. The van der Waals surface area contributed by atoms with Gasteiger partial charge in [-0.2, -0.15) is 0 Å². The topological polar surface area (TPSA) is 84.2 Å². The van der Waals surface area contributed by atoms with Crippen LogP contribution in [-0.2, 0) is 9.59 Å². The molecule has 6 heteroatoms. The first-order valence-electron chi connectivity index (χ1n) is 7.74. The predicted molar refractivity (Wildman–Crippen MR) is 93.1 cm³/mol. The lowest BCUT2D eigenvalue weighted by atomic mass is 9.90. The van der Waals surface area contributed by atoms with E-state index in [0.717, 1.165) is 5.56 Å². The molecule has 0 fully saturated rings. The van der Waals surface area contributed by atoms with E-state index in [-0.39, 0.29) is 24.4 Å². The van der Waals surface area contributed by atoms with Crippen molar-refractivity contribution in [1.82, 2.24) is 10.6 Å². The van der Waals surface area contributed by atoms with Gasteiger partial charge >= 0.3 is 0 Å². The first-order chi connectivity index (χ1) is 10.6. The highest BCUT2D eigenvalue weighted by molar-refractivity contribution is 6.30. The molecule has 0 aliphatic carbocycles. The van der Waals surface area contributed by atoms with Crippen LogP contribution in [0.3, 0.4) is 0 Å². The highest BCUT2D eigenvalue weighted by Crippen LogP contribution is 2.17. The molecule has 0 radical (unpaired) electrons. The van der Waals surface area contributed by atoms with Gasteiger partial charge in [0.15, 0.2) is 0 Å². The zero-order valence-electron chi connectivity index (χ0n) is 14.2. The number of carbonyl (C=O) groups excluding carboxylic acids is 2. The van der Waals surface area contributed by atoms with Crippen LogP contribution < -0.4 is 16.4 Å². The zero-order chi connectivity index (χ0) is 17.6. The summed E-state index contributed by atoms with van der Waals surface area (Å²) in [5.41, 5.74) is 5.53. The molecule has 1 rings (SSSR count). The summed E-state index contributed by atoms with van der Waals surface area (Å²) in [4.78, 5) is 23.8. The number of amides is 2. The summed E-state index contributed by atoms with van der Waals surface area (Å²) in [5, 5.41) is 6.52. The van der Waals surface area contributed by atoms with Gasteiger partial charge in [-0.25, -0.2) is 0 Å². The molecule has 4 N–H and O–H groups in total. The largest absolute Gasteiger partial charge is 0.368 e. The van der Waals surface area contributed by atoms with Gasteiger partial charge in [-0.15, -0.1) is 0 Å². The number of benzene rings is 1. The van der Waals surface area contributed by atoms with Crippen LogP contribution in [0.5, 0.6) is 0 Å². The number of hydrogen-bond donors (Lipinski definition) is 3. The Morgan fingerprint density at radius 1 is 1.22 bits per heavy atom. The fourth-order valence-electron chi connectivity index (χ4n) is 2.48. The van der Waals surface area contributed by atoms with E-state index in [0.29, 0.717) is 11.4 Å². The van der Waals surface area contributed by atoms with Crippen molar-refractivity contribution in [3.8, 4) is 0 Å². The number of rotatable bonds is 8. The Bertz CT molecular complexity index is 545. The third-order valence-corrected chi connectivity index (χ3v) is 4.00. The van der Waals surface area contributed by atoms with Gasteiger partial charge in [-0.1, -0.05) is 37.6 Å². The molecule has 2 unspecified atom stereocenters. The molecule has 0 aliphatic rings. The van der Waals surface area contributed by atoms with Crippen molar-refractivity contribution in [3.05, 3.63) is 34.9 Å². The van der Waals surface area contributed by atoms with E-state index in [1.165, 1.54) is 0 Å². The van der Waals surface area contributed by atoms with Crippen molar-refractivity contribution in [2.45, 2.75) is 45.7 Å². The van der Waals surface area contributed by atoms with E-state index in [1.54, 1.807) is 19.1 Å². The van der Waals surface area contributed by atoms with E-state index in [2.05, 4.69) is 10.6 Å². The average molecular weight is 340 g/mol. The van der Waals surface area contributed by atoms with E-state index in [9.17, 15) is 9.59 Å². The molecule has 5 nitrogen and oxygen atoms in total. The van der Waals surface area contributed by atoms with Crippen LogP contribution in [0.15, 0.2) is 24.3 Å². The fraction of sp³-hybridized carbons (Fsp3) is 0.529. The summed E-state index contributed by atoms with van der Waals surface area (Å²) in [5.74, 6) is -0.357. The van der Waals surface area contributed by atoms with E-state index >= 15 is 0 Å². The smallest absolute Gasteiger partial charge is 0.237 e. The van der Waals surface area contributed by atoms with Gasteiger partial charge in [0.1, 0.15) is 0 Å². The molecule has 0 aromatic heterocycles. The first-order valence-corrected chi connectivity index (χ1v) is 8.11. The SMILES string of the molecule is CC(C)CC(C)(NCC(=O)NC(C)c1ccc(Cl)cc1)C(N)=O. The van der Waals surface area contributed by atoms with Crippen LogP contribution in [0.1, 0.15) is 45.7 Å². The van der Waals surface area contributed by atoms with Crippen LogP contribution in [0.4, 0.5) is 0 Å². The molecule has 0 saturated carbocycles. The fourth-order valence-corrected chi connectivity index (χ4v) is 2.61. The summed E-state index contributed by atoms with van der Waals surface area (Å²) in [6.45, 7) is 7.66. The van der Waals surface area contributed by atoms with Gasteiger partial charge in [0.25, 0.3) is 0 Å². The number of nitrogens with two attached hydrogens (primary N) is 1. The van der Waals surface area contributed by atoms with Crippen molar-refractivity contribution >= 4 is 23.4 Å².